The van der Waals surface area contributed by atoms with E-state index < -0.39 is 0 Å². The van der Waals surface area contributed by atoms with Gasteiger partial charge in [0, 0.05) is 60.6 Å². The maximum absolute atomic E-state index is 6.81. The second-order valence-electron chi connectivity index (χ2n) is 17.6. The molecular formula is C64H40N2O2. The molecule has 14 aromatic rings. The SMILES string of the molecule is c1cc(-c2cccc3oc4ccccc4c23)cc(N(c2ccc(-c3cccc4ccccc34)cc2)c2cc(-c3ccc(-n4c5ccccc5c5ccccc54)cc3)c3oc4ccccc4c3c2)c1. The molecular weight excluding hydrogens is 829 g/mol. The second kappa shape index (κ2) is 15.2. The average Bonchev–Trinajstić information content (AvgIpc) is 4.09. The molecule has 0 saturated heterocycles. The molecule has 0 amide bonds. The van der Waals surface area contributed by atoms with Crippen LogP contribution in [0.4, 0.5) is 17.1 Å². The monoisotopic (exact) mass is 868 g/mol. The summed E-state index contributed by atoms with van der Waals surface area (Å²) in [5.74, 6) is 0. The van der Waals surface area contributed by atoms with Gasteiger partial charge in [-0.1, -0.05) is 164 Å². The number of rotatable bonds is 7. The van der Waals surface area contributed by atoms with E-state index in [9.17, 15) is 0 Å². The van der Waals surface area contributed by atoms with Crippen molar-refractivity contribution in [1.82, 2.24) is 4.57 Å². The topological polar surface area (TPSA) is 34.5 Å². The lowest BCUT2D eigenvalue weighted by atomic mass is 9.97. The van der Waals surface area contributed by atoms with Gasteiger partial charge in [0.2, 0.25) is 0 Å². The van der Waals surface area contributed by atoms with E-state index in [0.717, 1.165) is 94.4 Å². The maximum atomic E-state index is 6.81. The Labute approximate surface area is 391 Å². The van der Waals surface area contributed by atoms with Crippen LogP contribution in [0.5, 0.6) is 0 Å². The summed E-state index contributed by atoms with van der Waals surface area (Å²) in [6, 6.07) is 87.0. The summed E-state index contributed by atoms with van der Waals surface area (Å²) in [6.07, 6.45) is 0. The van der Waals surface area contributed by atoms with Gasteiger partial charge in [-0.05, 0) is 117 Å². The predicted octanol–water partition coefficient (Wildman–Crippen LogP) is 18.2. The summed E-state index contributed by atoms with van der Waals surface area (Å²) in [7, 11) is 0. The Hall–Kier alpha value is -9.12. The number of aromatic nitrogens is 1. The van der Waals surface area contributed by atoms with E-state index in [1.165, 1.54) is 38.1 Å². The average molecular weight is 869 g/mol. The molecule has 0 aliphatic rings. The molecule has 0 saturated carbocycles. The van der Waals surface area contributed by atoms with Crippen molar-refractivity contribution in [1.29, 1.82) is 0 Å². The van der Waals surface area contributed by atoms with Gasteiger partial charge in [0.1, 0.15) is 22.3 Å². The molecule has 0 spiro atoms. The zero-order valence-corrected chi connectivity index (χ0v) is 36.8. The van der Waals surface area contributed by atoms with E-state index in [2.05, 4.69) is 234 Å². The molecule has 0 fully saturated rings. The molecule has 3 aromatic heterocycles. The Balaban J connectivity index is 0.970. The second-order valence-corrected chi connectivity index (χ2v) is 17.6. The van der Waals surface area contributed by atoms with Gasteiger partial charge in [-0.15, -0.1) is 0 Å². The molecule has 0 radical (unpaired) electrons. The number of para-hydroxylation sites is 4. The van der Waals surface area contributed by atoms with Crippen molar-refractivity contribution in [3.63, 3.8) is 0 Å². The van der Waals surface area contributed by atoms with Crippen molar-refractivity contribution < 1.29 is 8.83 Å². The Morgan fingerprint density at radius 2 is 0.882 bits per heavy atom. The first kappa shape index (κ1) is 38.2. The van der Waals surface area contributed by atoms with Crippen LogP contribution in [0.2, 0.25) is 0 Å². The van der Waals surface area contributed by atoms with Crippen LogP contribution in [0.3, 0.4) is 0 Å². The number of hydrogen-bond donors (Lipinski definition) is 0. The van der Waals surface area contributed by atoms with Crippen molar-refractivity contribution in [3.05, 3.63) is 243 Å². The van der Waals surface area contributed by atoms with Gasteiger partial charge in [0.25, 0.3) is 0 Å². The van der Waals surface area contributed by atoms with Crippen molar-refractivity contribution in [2.45, 2.75) is 0 Å². The van der Waals surface area contributed by atoms with E-state index >= 15 is 0 Å². The minimum Gasteiger partial charge on any atom is -0.456 e. The Kier molecular flexibility index (Phi) is 8.55. The summed E-state index contributed by atoms with van der Waals surface area (Å²) in [4.78, 5) is 2.39. The highest BCUT2D eigenvalue weighted by molar-refractivity contribution is 6.14. The van der Waals surface area contributed by atoms with Crippen LogP contribution in [-0.2, 0) is 0 Å². The highest BCUT2D eigenvalue weighted by Gasteiger charge is 2.22. The lowest BCUT2D eigenvalue weighted by Crippen LogP contribution is -2.10. The van der Waals surface area contributed by atoms with E-state index in [1.54, 1.807) is 0 Å². The molecule has 0 aliphatic carbocycles. The predicted molar refractivity (Wildman–Crippen MR) is 284 cm³/mol. The number of nitrogens with zero attached hydrogens (tertiary/aromatic N) is 2. The van der Waals surface area contributed by atoms with Crippen LogP contribution in [0.1, 0.15) is 0 Å². The van der Waals surface area contributed by atoms with Crippen LogP contribution in [0, 0.1) is 0 Å². The highest BCUT2D eigenvalue weighted by atomic mass is 16.3. The fourth-order valence-corrected chi connectivity index (χ4v) is 10.7. The van der Waals surface area contributed by atoms with E-state index in [4.69, 9.17) is 8.83 Å². The summed E-state index contributed by atoms with van der Waals surface area (Å²) in [5, 5.41) is 9.30. The molecule has 3 heterocycles. The van der Waals surface area contributed by atoms with E-state index in [1.807, 2.05) is 18.2 Å². The number of benzene rings is 11. The molecule has 0 bridgehead atoms. The molecule has 318 valence electrons. The van der Waals surface area contributed by atoms with Gasteiger partial charge >= 0.3 is 0 Å². The molecule has 14 rings (SSSR count). The van der Waals surface area contributed by atoms with Gasteiger partial charge in [-0.3, -0.25) is 0 Å². The van der Waals surface area contributed by atoms with Crippen molar-refractivity contribution >= 4 is 93.5 Å². The zero-order valence-electron chi connectivity index (χ0n) is 36.8. The zero-order chi connectivity index (χ0) is 44.7. The van der Waals surface area contributed by atoms with Crippen LogP contribution in [0.25, 0.3) is 116 Å². The van der Waals surface area contributed by atoms with Crippen LogP contribution in [-0.4, -0.2) is 4.57 Å². The van der Waals surface area contributed by atoms with Gasteiger partial charge in [-0.25, -0.2) is 0 Å². The lowest BCUT2D eigenvalue weighted by Gasteiger charge is -2.27. The summed E-state index contributed by atoms with van der Waals surface area (Å²) >= 11 is 0. The third-order valence-electron chi connectivity index (χ3n) is 13.8. The normalized spacial score (nSPS) is 11.8. The quantitative estimate of drug-likeness (QED) is 0.160. The Bertz CT molecular complexity index is 4210. The fourth-order valence-electron chi connectivity index (χ4n) is 10.7. The first-order valence-electron chi connectivity index (χ1n) is 23.2. The van der Waals surface area contributed by atoms with Gasteiger partial charge < -0.3 is 18.3 Å². The van der Waals surface area contributed by atoms with E-state index in [0.29, 0.717) is 0 Å². The molecule has 0 N–H and O–H groups in total. The number of hydrogen-bond acceptors (Lipinski definition) is 3. The van der Waals surface area contributed by atoms with Gasteiger partial charge in [0.15, 0.2) is 0 Å². The number of furan rings is 2. The molecule has 0 atom stereocenters. The summed E-state index contributed by atoms with van der Waals surface area (Å²) in [5.41, 5.74) is 16.7. The highest BCUT2D eigenvalue weighted by Crippen LogP contribution is 2.46. The minimum atomic E-state index is 0.858. The van der Waals surface area contributed by atoms with Crippen molar-refractivity contribution in [3.8, 4) is 39.1 Å². The molecule has 4 heteroatoms. The first-order chi connectivity index (χ1) is 33.7. The number of fused-ring (bicyclic) bond motifs is 10. The minimum absolute atomic E-state index is 0.858. The summed E-state index contributed by atoms with van der Waals surface area (Å²) < 4.78 is 15.6. The van der Waals surface area contributed by atoms with Crippen LogP contribution < -0.4 is 4.90 Å². The standard InChI is InChI=1S/C64H40N2O2/c1-2-18-49-41(14-1)15-12-23-50(49)42-30-34-45(35-31-42)65(47-17-11-16-44(38-47)51-24-13-29-62-63(51)55-22-6-10-28-61(55)67-62)48-39-56(64-57(40-48)54-21-5-9-27-60(54)68-64)43-32-36-46(37-33-43)66-58-25-7-3-19-52(58)53-20-4-8-26-59(53)66/h1-40H. The molecule has 11 aromatic carbocycles. The van der Waals surface area contributed by atoms with Crippen molar-refractivity contribution in [2.75, 3.05) is 4.90 Å². The molecule has 0 unspecified atom stereocenters. The smallest absolute Gasteiger partial charge is 0.143 e. The van der Waals surface area contributed by atoms with Gasteiger partial charge in [0.05, 0.1) is 11.0 Å². The molecule has 4 nitrogen and oxygen atoms in total. The Morgan fingerprint density at radius 3 is 1.66 bits per heavy atom. The molecule has 0 aliphatic heterocycles. The Morgan fingerprint density at radius 1 is 0.309 bits per heavy atom. The van der Waals surface area contributed by atoms with Crippen LogP contribution >= 0.6 is 0 Å². The third kappa shape index (κ3) is 6.01. The summed E-state index contributed by atoms with van der Waals surface area (Å²) in [6.45, 7) is 0. The molecule has 68 heavy (non-hydrogen) atoms. The van der Waals surface area contributed by atoms with Crippen LogP contribution in [0.15, 0.2) is 251 Å². The number of anilines is 3. The van der Waals surface area contributed by atoms with E-state index in [-0.39, 0.29) is 0 Å². The largest absolute Gasteiger partial charge is 0.456 e. The van der Waals surface area contributed by atoms with Gasteiger partial charge in [-0.2, -0.15) is 0 Å². The fraction of sp³-hybridized carbons (Fsp3) is 0. The maximum Gasteiger partial charge on any atom is 0.143 e. The lowest BCUT2D eigenvalue weighted by molar-refractivity contribution is 0.669. The van der Waals surface area contributed by atoms with Crippen molar-refractivity contribution in [2.24, 2.45) is 0 Å². The first-order valence-corrected chi connectivity index (χ1v) is 23.2. The third-order valence-corrected chi connectivity index (χ3v) is 13.8.